The molecule has 1 unspecified atom stereocenters. The van der Waals surface area contributed by atoms with Crippen molar-refractivity contribution in [3.05, 3.63) is 0 Å². The van der Waals surface area contributed by atoms with E-state index in [0.717, 1.165) is 12.8 Å². The van der Waals surface area contributed by atoms with Crippen molar-refractivity contribution in [3.63, 3.8) is 0 Å². The standard InChI is InChI=1S/C7H14O3/c1-2-7(10-6-9)4-3-5-8/h6-8H,2-5H2,1H3. The lowest BCUT2D eigenvalue weighted by molar-refractivity contribution is -0.134. The Balaban J connectivity index is 3.29. The van der Waals surface area contributed by atoms with E-state index in [1.165, 1.54) is 0 Å². The maximum Gasteiger partial charge on any atom is 0.293 e. The molecule has 10 heavy (non-hydrogen) atoms. The zero-order valence-corrected chi connectivity index (χ0v) is 6.25. The summed E-state index contributed by atoms with van der Waals surface area (Å²) in [4.78, 5) is 9.85. The van der Waals surface area contributed by atoms with Crippen LogP contribution in [0.25, 0.3) is 0 Å². The lowest BCUT2D eigenvalue weighted by Gasteiger charge is -2.10. The van der Waals surface area contributed by atoms with Crippen molar-refractivity contribution in [1.29, 1.82) is 0 Å². The fourth-order valence-corrected chi connectivity index (χ4v) is 0.766. The van der Waals surface area contributed by atoms with Gasteiger partial charge in [-0.2, -0.15) is 0 Å². The van der Waals surface area contributed by atoms with E-state index in [2.05, 4.69) is 0 Å². The van der Waals surface area contributed by atoms with Gasteiger partial charge in [0.15, 0.2) is 0 Å². The Labute approximate surface area is 61.0 Å². The molecule has 0 rings (SSSR count). The second-order valence-corrected chi connectivity index (χ2v) is 2.13. The van der Waals surface area contributed by atoms with Crippen LogP contribution in [-0.4, -0.2) is 24.3 Å². The summed E-state index contributed by atoms with van der Waals surface area (Å²) in [7, 11) is 0. The van der Waals surface area contributed by atoms with Crippen LogP contribution in [0.1, 0.15) is 26.2 Å². The Bertz CT molecular complexity index is 82.9. The normalized spacial score (nSPS) is 12.6. The minimum absolute atomic E-state index is 0.00958. The Morgan fingerprint density at radius 1 is 1.70 bits per heavy atom. The Morgan fingerprint density at radius 3 is 2.80 bits per heavy atom. The minimum Gasteiger partial charge on any atom is -0.465 e. The summed E-state index contributed by atoms with van der Waals surface area (Å²) < 4.78 is 4.70. The van der Waals surface area contributed by atoms with Gasteiger partial charge in [-0.15, -0.1) is 0 Å². The molecule has 60 valence electrons. The van der Waals surface area contributed by atoms with Crippen molar-refractivity contribution in [1.82, 2.24) is 0 Å². The summed E-state index contributed by atoms with van der Waals surface area (Å²) in [6.45, 7) is 2.58. The molecule has 0 spiro atoms. The van der Waals surface area contributed by atoms with Crippen molar-refractivity contribution in [3.8, 4) is 0 Å². The molecule has 3 heteroatoms. The zero-order chi connectivity index (χ0) is 7.82. The number of carbonyl (C=O) groups is 1. The van der Waals surface area contributed by atoms with Crippen molar-refractivity contribution < 1.29 is 14.6 Å². The predicted octanol–water partition coefficient (Wildman–Crippen LogP) is 0.710. The van der Waals surface area contributed by atoms with Gasteiger partial charge in [0, 0.05) is 6.61 Å². The number of aliphatic hydroxyl groups is 1. The summed E-state index contributed by atoms with van der Waals surface area (Å²) in [5.74, 6) is 0. The molecule has 0 aromatic rings. The van der Waals surface area contributed by atoms with Crippen LogP contribution < -0.4 is 0 Å². The van der Waals surface area contributed by atoms with E-state index in [-0.39, 0.29) is 12.7 Å². The molecule has 0 aromatic carbocycles. The maximum atomic E-state index is 9.85. The SMILES string of the molecule is CCC(CCCO)OC=O. The largest absolute Gasteiger partial charge is 0.465 e. The Morgan fingerprint density at radius 2 is 2.40 bits per heavy atom. The van der Waals surface area contributed by atoms with Gasteiger partial charge in [-0.05, 0) is 19.3 Å². The van der Waals surface area contributed by atoms with E-state index in [4.69, 9.17) is 9.84 Å². The van der Waals surface area contributed by atoms with Gasteiger partial charge in [-0.3, -0.25) is 4.79 Å². The lowest BCUT2D eigenvalue weighted by Crippen LogP contribution is -2.10. The van der Waals surface area contributed by atoms with Crippen LogP contribution >= 0.6 is 0 Å². The topological polar surface area (TPSA) is 46.5 Å². The highest BCUT2D eigenvalue weighted by molar-refractivity contribution is 5.37. The molecule has 0 aliphatic carbocycles. The van der Waals surface area contributed by atoms with Crippen molar-refractivity contribution in [2.45, 2.75) is 32.3 Å². The molecule has 0 saturated heterocycles. The van der Waals surface area contributed by atoms with Crippen LogP contribution in [0.5, 0.6) is 0 Å². The molecular weight excluding hydrogens is 132 g/mol. The molecular formula is C7H14O3. The molecule has 0 fully saturated rings. The molecule has 1 N–H and O–H groups in total. The molecule has 0 amide bonds. The zero-order valence-electron chi connectivity index (χ0n) is 6.25. The third kappa shape index (κ3) is 4.32. The van der Waals surface area contributed by atoms with E-state index in [1.807, 2.05) is 6.92 Å². The second-order valence-electron chi connectivity index (χ2n) is 2.13. The van der Waals surface area contributed by atoms with E-state index in [1.54, 1.807) is 0 Å². The highest BCUT2D eigenvalue weighted by Crippen LogP contribution is 2.04. The first-order chi connectivity index (χ1) is 4.85. The van der Waals surface area contributed by atoms with E-state index >= 15 is 0 Å². The minimum atomic E-state index is -0.00958. The number of ether oxygens (including phenoxy) is 1. The van der Waals surface area contributed by atoms with Crippen LogP contribution in [0, 0.1) is 0 Å². The number of rotatable bonds is 6. The predicted molar refractivity (Wildman–Crippen MR) is 37.5 cm³/mol. The third-order valence-electron chi connectivity index (χ3n) is 1.39. The van der Waals surface area contributed by atoms with Gasteiger partial charge in [0.25, 0.3) is 6.47 Å². The molecule has 0 bridgehead atoms. The maximum absolute atomic E-state index is 9.85. The number of hydrogen-bond donors (Lipinski definition) is 1. The van der Waals surface area contributed by atoms with Gasteiger partial charge in [-0.25, -0.2) is 0 Å². The number of aliphatic hydroxyl groups excluding tert-OH is 1. The first kappa shape index (κ1) is 9.43. The molecule has 0 aliphatic heterocycles. The molecule has 1 atom stereocenters. The van der Waals surface area contributed by atoms with Crippen molar-refractivity contribution in [2.24, 2.45) is 0 Å². The van der Waals surface area contributed by atoms with Gasteiger partial charge in [0.1, 0.15) is 6.10 Å². The van der Waals surface area contributed by atoms with Crippen LogP contribution in [-0.2, 0) is 9.53 Å². The monoisotopic (exact) mass is 146 g/mol. The fourth-order valence-electron chi connectivity index (χ4n) is 0.766. The highest BCUT2D eigenvalue weighted by atomic mass is 16.5. The van der Waals surface area contributed by atoms with Gasteiger partial charge < -0.3 is 9.84 Å². The van der Waals surface area contributed by atoms with Crippen LogP contribution in [0.2, 0.25) is 0 Å². The first-order valence-electron chi connectivity index (χ1n) is 3.55. The van der Waals surface area contributed by atoms with E-state index in [9.17, 15) is 4.79 Å². The van der Waals surface area contributed by atoms with Gasteiger partial charge in [0.05, 0.1) is 0 Å². The first-order valence-corrected chi connectivity index (χ1v) is 3.55. The summed E-state index contributed by atoms with van der Waals surface area (Å²) >= 11 is 0. The van der Waals surface area contributed by atoms with Gasteiger partial charge >= 0.3 is 0 Å². The van der Waals surface area contributed by atoms with E-state index in [0.29, 0.717) is 12.9 Å². The summed E-state index contributed by atoms with van der Waals surface area (Å²) in [6.07, 6.45) is 2.27. The van der Waals surface area contributed by atoms with Gasteiger partial charge in [-0.1, -0.05) is 6.92 Å². The fraction of sp³-hybridized carbons (Fsp3) is 0.857. The van der Waals surface area contributed by atoms with Crippen molar-refractivity contribution >= 4 is 6.47 Å². The average Bonchev–Trinajstić information content (AvgIpc) is 1.98. The Hall–Kier alpha value is -0.570. The van der Waals surface area contributed by atoms with Crippen LogP contribution in [0.3, 0.4) is 0 Å². The molecule has 0 heterocycles. The Kier molecular flexibility index (Phi) is 6.18. The van der Waals surface area contributed by atoms with Crippen LogP contribution in [0.15, 0.2) is 0 Å². The van der Waals surface area contributed by atoms with E-state index < -0.39 is 0 Å². The molecule has 0 radical (unpaired) electrons. The summed E-state index contributed by atoms with van der Waals surface area (Å²) in [5, 5.41) is 8.44. The molecule has 3 nitrogen and oxygen atoms in total. The number of hydrogen-bond acceptors (Lipinski definition) is 3. The van der Waals surface area contributed by atoms with Crippen LogP contribution in [0.4, 0.5) is 0 Å². The number of carbonyl (C=O) groups excluding carboxylic acids is 1. The highest BCUT2D eigenvalue weighted by Gasteiger charge is 2.03. The van der Waals surface area contributed by atoms with Crippen molar-refractivity contribution in [2.75, 3.05) is 6.61 Å². The summed E-state index contributed by atoms with van der Waals surface area (Å²) in [6, 6.07) is 0. The molecule has 0 aromatic heterocycles. The lowest BCUT2D eigenvalue weighted by atomic mass is 10.1. The quantitative estimate of drug-likeness (QED) is 0.561. The second kappa shape index (κ2) is 6.55. The summed E-state index contributed by atoms with van der Waals surface area (Å²) in [5.41, 5.74) is 0. The smallest absolute Gasteiger partial charge is 0.293 e. The molecule has 0 saturated carbocycles. The average molecular weight is 146 g/mol. The molecule has 0 aliphatic rings. The van der Waals surface area contributed by atoms with Gasteiger partial charge in [0.2, 0.25) is 0 Å². The third-order valence-corrected chi connectivity index (χ3v) is 1.39.